The van der Waals surface area contributed by atoms with E-state index in [9.17, 15) is 4.79 Å². The predicted octanol–water partition coefficient (Wildman–Crippen LogP) is 4.14. The van der Waals surface area contributed by atoms with Crippen LogP contribution in [0.2, 0.25) is 0 Å². The maximum Gasteiger partial charge on any atom is 0.238 e. The van der Waals surface area contributed by atoms with Crippen molar-refractivity contribution < 1.29 is 4.79 Å². The van der Waals surface area contributed by atoms with Crippen molar-refractivity contribution in [1.82, 2.24) is 34.4 Å². The van der Waals surface area contributed by atoms with Crippen molar-refractivity contribution >= 4 is 33.5 Å². The fraction of sp³-hybridized carbons (Fsp3) is 0.387. The van der Waals surface area contributed by atoms with Gasteiger partial charge in [-0.3, -0.25) is 14.2 Å². The number of hydrogen-bond acceptors (Lipinski definition) is 5. The Morgan fingerprint density at radius 3 is 2.68 bits per heavy atom. The van der Waals surface area contributed by atoms with E-state index in [1.54, 1.807) is 4.68 Å². The molecule has 4 aromatic heterocycles. The number of carbonyl (C=O) groups excluding carboxylic acids is 1. The average Bonchev–Trinajstić information content (AvgIpc) is 3.41. The van der Waals surface area contributed by atoms with Gasteiger partial charge in [0.25, 0.3) is 0 Å². The molecule has 1 atom stereocenters. The molecule has 2 aliphatic heterocycles. The maximum atomic E-state index is 14.2. The number of aromatic nitrogens is 6. The van der Waals surface area contributed by atoms with Crippen LogP contribution in [0.25, 0.3) is 49.2 Å². The third-order valence-electron chi connectivity index (χ3n) is 9.66. The number of aryl methyl sites for hydroxylation is 2. The van der Waals surface area contributed by atoms with Crippen LogP contribution in [0.15, 0.2) is 43.0 Å². The number of pyridine rings is 1. The lowest BCUT2D eigenvalue weighted by molar-refractivity contribution is -0.122. The molecule has 0 radical (unpaired) electrons. The van der Waals surface area contributed by atoms with Crippen LogP contribution < -0.4 is 4.90 Å². The van der Waals surface area contributed by atoms with Crippen LogP contribution in [0.3, 0.4) is 0 Å². The normalized spacial score (nSPS) is 21.4. The first-order valence-electron chi connectivity index (χ1n) is 14.1. The molecule has 1 saturated carbocycles. The van der Waals surface area contributed by atoms with Gasteiger partial charge in [0.15, 0.2) is 0 Å². The zero-order valence-electron chi connectivity index (χ0n) is 23.5. The van der Waals surface area contributed by atoms with E-state index in [0.717, 1.165) is 87.9 Å². The number of fused-ring (bicyclic) bond motifs is 5. The first-order valence-corrected chi connectivity index (χ1v) is 14.1. The van der Waals surface area contributed by atoms with E-state index >= 15 is 0 Å². The molecule has 206 valence electrons. The number of likely N-dealkylation sites (tertiary alicyclic amines) is 1. The first-order chi connectivity index (χ1) is 19.8. The summed E-state index contributed by atoms with van der Waals surface area (Å²) in [6.45, 7) is 10.4. The molecule has 1 saturated heterocycles. The van der Waals surface area contributed by atoms with E-state index in [1.165, 1.54) is 0 Å². The second-order valence-corrected chi connectivity index (χ2v) is 12.3. The van der Waals surface area contributed by atoms with Gasteiger partial charge in [0.05, 0.1) is 46.3 Å². The lowest BCUT2D eigenvalue weighted by atomic mass is 9.78. The quantitative estimate of drug-likeness (QED) is 0.335. The SMILES string of the molecule is [C-]#[N+]CC1(CN2CC[C@@]3(C2)C(=O)N(C)c2cnc4[nH]c(-c5cnn(C)c5)c(-c5ccc6c(cnn6C)c5)c4c23)CC1. The standard InChI is InChI=1S/C31H31N9O/c1-32-16-30(7-8-30)17-40-10-9-31(18-40)26-23(38(3)29(31)41)14-33-28-25(26)24(27(36-28)21-13-34-37(2)15-21)19-5-6-22-20(11-19)12-35-39(22)4/h5-6,11-15H,7-10,16-18H2,2-4H3,(H,33,36)/t31-/m0/s1. The summed E-state index contributed by atoms with van der Waals surface area (Å²) in [7, 11) is 5.75. The number of likely N-dealkylation sites (N-methyl/N-ethyl adjacent to an activating group) is 1. The number of carbonyl (C=O) groups is 1. The molecular formula is C31H31N9O. The summed E-state index contributed by atoms with van der Waals surface area (Å²) in [5, 5.41) is 11.0. The number of H-pyrrole nitrogens is 1. The molecule has 10 heteroatoms. The molecule has 2 fully saturated rings. The van der Waals surface area contributed by atoms with Gasteiger partial charge in [0.2, 0.25) is 12.5 Å². The fourth-order valence-electron chi connectivity index (χ4n) is 7.38. The van der Waals surface area contributed by atoms with Gasteiger partial charge in [-0.05, 0) is 43.5 Å². The largest absolute Gasteiger partial charge is 0.339 e. The highest BCUT2D eigenvalue weighted by atomic mass is 16.2. The Morgan fingerprint density at radius 2 is 1.93 bits per heavy atom. The van der Waals surface area contributed by atoms with Crippen LogP contribution >= 0.6 is 0 Å². The number of amides is 1. The Kier molecular flexibility index (Phi) is 4.91. The summed E-state index contributed by atoms with van der Waals surface area (Å²) >= 11 is 0. The van der Waals surface area contributed by atoms with Gasteiger partial charge in [-0.2, -0.15) is 10.2 Å². The Hall–Kier alpha value is -4.49. The van der Waals surface area contributed by atoms with Crippen LogP contribution in [0, 0.1) is 12.0 Å². The third-order valence-corrected chi connectivity index (χ3v) is 9.66. The lowest BCUT2D eigenvalue weighted by Gasteiger charge is -2.25. The van der Waals surface area contributed by atoms with Gasteiger partial charge in [-0.25, -0.2) is 11.6 Å². The summed E-state index contributed by atoms with van der Waals surface area (Å²) in [6, 6.07) is 6.43. The molecule has 1 aliphatic carbocycles. The van der Waals surface area contributed by atoms with E-state index in [2.05, 4.69) is 43.1 Å². The van der Waals surface area contributed by atoms with Crippen LogP contribution in [0.5, 0.6) is 0 Å². The minimum Gasteiger partial charge on any atom is -0.339 e. The van der Waals surface area contributed by atoms with Gasteiger partial charge in [-0.1, -0.05) is 6.07 Å². The summed E-state index contributed by atoms with van der Waals surface area (Å²) < 4.78 is 3.68. The van der Waals surface area contributed by atoms with Crippen LogP contribution in [0.1, 0.15) is 24.8 Å². The van der Waals surface area contributed by atoms with Crippen molar-refractivity contribution in [2.75, 3.05) is 38.1 Å². The van der Waals surface area contributed by atoms with Gasteiger partial charge in [0.1, 0.15) is 5.65 Å². The Labute approximate surface area is 237 Å². The number of rotatable bonds is 5. The molecule has 1 aromatic carbocycles. The van der Waals surface area contributed by atoms with Crippen LogP contribution in [0.4, 0.5) is 5.69 Å². The maximum absolute atomic E-state index is 14.2. The summed E-state index contributed by atoms with van der Waals surface area (Å²) in [5.41, 5.74) is 7.23. The highest BCUT2D eigenvalue weighted by Gasteiger charge is 2.57. The molecule has 3 aliphatic rings. The van der Waals surface area contributed by atoms with Crippen molar-refractivity contribution in [3.05, 3.63) is 60.0 Å². The van der Waals surface area contributed by atoms with E-state index in [4.69, 9.17) is 11.6 Å². The van der Waals surface area contributed by atoms with Crippen molar-refractivity contribution in [3.8, 4) is 22.4 Å². The average molecular weight is 546 g/mol. The Morgan fingerprint density at radius 1 is 1.07 bits per heavy atom. The smallest absolute Gasteiger partial charge is 0.238 e. The molecule has 1 N–H and O–H groups in total. The van der Waals surface area contributed by atoms with Gasteiger partial charge in [0, 0.05) is 67.9 Å². The first kappa shape index (κ1) is 24.3. The monoisotopic (exact) mass is 545 g/mol. The topological polar surface area (TPSA) is 92.2 Å². The number of hydrogen-bond donors (Lipinski definition) is 1. The number of anilines is 1. The highest BCUT2D eigenvalue weighted by Crippen LogP contribution is 2.54. The molecule has 0 bridgehead atoms. The second kappa shape index (κ2) is 8.27. The van der Waals surface area contributed by atoms with Crippen LogP contribution in [-0.4, -0.2) is 73.6 Å². The molecular weight excluding hydrogens is 514 g/mol. The minimum atomic E-state index is -0.652. The Bertz CT molecular complexity index is 1930. The molecule has 41 heavy (non-hydrogen) atoms. The summed E-state index contributed by atoms with van der Waals surface area (Å²) in [5.74, 6) is 0.136. The van der Waals surface area contributed by atoms with Gasteiger partial charge < -0.3 is 19.6 Å². The van der Waals surface area contributed by atoms with Gasteiger partial charge in [-0.15, -0.1) is 0 Å². The third kappa shape index (κ3) is 3.39. The molecule has 8 rings (SSSR count). The molecule has 10 nitrogen and oxygen atoms in total. The summed E-state index contributed by atoms with van der Waals surface area (Å²) in [6.07, 6.45) is 10.6. The number of benzene rings is 1. The van der Waals surface area contributed by atoms with E-state index < -0.39 is 5.41 Å². The minimum absolute atomic E-state index is 0.100. The van der Waals surface area contributed by atoms with Crippen molar-refractivity contribution in [2.45, 2.75) is 24.7 Å². The number of nitrogens with zero attached hydrogens (tertiary/aromatic N) is 8. The molecule has 1 spiro atoms. The van der Waals surface area contributed by atoms with Crippen molar-refractivity contribution in [1.29, 1.82) is 0 Å². The van der Waals surface area contributed by atoms with Crippen molar-refractivity contribution in [2.24, 2.45) is 19.5 Å². The number of nitrogens with one attached hydrogen (secondary N) is 1. The van der Waals surface area contributed by atoms with Gasteiger partial charge >= 0.3 is 0 Å². The van der Waals surface area contributed by atoms with E-state index in [1.807, 2.05) is 55.5 Å². The van der Waals surface area contributed by atoms with Crippen LogP contribution in [-0.2, 0) is 24.3 Å². The molecule has 0 unspecified atom stereocenters. The lowest BCUT2D eigenvalue weighted by Crippen LogP contribution is -2.42. The van der Waals surface area contributed by atoms with Crippen molar-refractivity contribution in [3.63, 3.8) is 0 Å². The predicted molar refractivity (Wildman–Crippen MR) is 157 cm³/mol. The number of aromatic amines is 1. The zero-order chi connectivity index (χ0) is 28.1. The zero-order valence-corrected chi connectivity index (χ0v) is 23.5. The highest BCUT2D eigenvalue weighted by molar-refractivity contribution is 6.16. The van der Waals surface area contributed by atoms with E-state index in [0.29, 0.717) is 13.1 Å². The summed E-state index contributed by atoms with van der Waals surface area (Å²) in [4.78, 5) is 30.6. The fourth-order valence-corrected chi connectivity index (χ4v) is 7.38. The molecule has 6 heterocycles. The molecule has 5 aromatic rings. The molecule has 1 amide bonds. The Balaban J connectivity index is 1.36. The van der Waals surface area contributed by atoms with E-state index in [-0.39, 0.29) is 11.3 Å². The second-order valence-electron chi connectivity index (χ2n) is 12.3.